The van der Waals surface area contributed by atoms with Gasteiger partial charge in [-0.3, -0.25) is 10.3 Å². The number of rotatable bonds is 6. The van der Waals surface area contributed by atoms with Crippen molar-refractivity contribution >= 4 is 22.6 Å². The highest BCUT2D eigenvalue weighted by atomic mass is 32.1. The highest BCUT2D eigenvalue weighted by molar-refractivity contribution is 7.19. The fraction of sp³-hybridized carbons (Fsp3) is 0.357. The first-order valence-corrected chi connectivity index (χ1v) is 13.2. The minimum absolute atomic E-state index is 0. The van der Waals surface area contributed by atoms with Crippen LogP contribution in [-0.4, -0.2) is 39.5 Å². The van der Waals surface area contributed by atoms with Crippen molar-refractivity contribution in [1.29, 1.82) is 0 Å². The van der Waals surface area contributed by atoms with E-state index in [1.807, 2.05) is 32.2 Å². The third-order valence-electron chi connectivity index (χ3n) is 7.13. The molecule has 3 heterocycles. The predicted molar refractivity (Wildman–Crippen MR) is 147 cm³/mol. The third kappa shape index (κ3) is 4.37. The summed E-state index contributed by atoms with van der Waals surface area (Å²) in [6.45, 7) is 3.96. The van der Waals surface area contributed by atoms with E-state index < -0.39 is 6.09 Å². The first-order chi connectivity index (χ1) is 17.9. The molecule has 2 N–H and O–H groups in total. The van der Waals surface area contributed by atoms with Gasteiger partial charge in [0.2, 0.25) is 0 Å². The van der Waals surface area contributed by atoms with E-state index in [1.54, 1.807) is 29.9 Å². The second-order valence-corrected chi connectivity index (χ2v) is 10.4. The van der Waals surface area contributed by atoms with Gasteiger partial charge in [-0.25, -0.2) is 18.9 Å². The third-order valence-corrected chi connectivity index (χ3v) is 8.15. The standard InChI is InChI=1S/C27H27FN6O2S.CH4/c1-4-36-26(35)32-25-31-20-9-8-18-22(16-6-5-15(2)30-14-16)33-34(23(18)24(20)37-25)21-10-7-17(13-19(21)28)27(29-3)11-12-27;/h5-7,10,13-14,29H,4,8-9,11-12H2,1-3H3,(H,31,32,35);1H4. The molecule has 198 valence electrons. The minimum Gasteiger partial charge on any atom is -0.450 e. The Morgan fingerprint density at radius 2 is 2.05 bits per heavy atom. The van der Waals surface area contributed by atoms with E-state index in [2.05, 4.69) is 20.6 Å². The van der Waals surface area contributed by atoms with E-state index in [0.717, 1.165) is 57.2 Å². The first kappa shape index (κ1) is 26.0. The van der Waals surface area contributed by atoms with Gasteiger partial charge in [0.25, 0.3) is 0 Å². The maximum atomic E-state index is 15.7. The molecule has 38 heavy (non-hydrogen) atoms. The normalized spacial score (nSPS) is 14.7. The highest BCUT2D eigenvalue weighted by Gasteiger charge is 2.43. The Morgan fingerprint density at radius 3 is 2.71 bits per heavy atom. The van der Waals surface area contributed by atoms with E-state index in [-0.39, 0.29) is 25.4 Å². The zero-order chi connectivity index (χ0) is 25.7. The molecule has 2 aliphatic rings. The number of nitrogens with zero attached hydrogens (tertiary/aromatic N) is 4. The minimum atomic E-state index is -0.547. The zero-order valence-corrected chi connectivity index (χ0v) is 21.7. The van der Waals surface area contributed by atoms with Gasteiger partial charge in [0.1, 0.15) is 11.5 Å². The van der Waals surface area contributed by atoms with E-state index in [9.17, 15) is 4.79 Å². The van der Waals surface area contributed by atoms with Crippen LogP contribution >= 0.6 is 11.3 Å². The summed E-state index contributed by atoms with van der Waals surface area (Å²) in [5, 5.41) is 11.4. The van der Waals surface area contributed by atoms with Crippen LogP contribution in [0.25, 0.3) is 27.5 Å². The summed E-state index contributed by atoms with van der Waals surface area (Å²) in [6, 6.07) is 9.34. The SMILES string of the molecule is C.CCOC(=O)Nc1nc2c(s1)-c1c(c(-c3ccc(C)nc3)nn1-c1ccc(C3(NC)CC3)cc1F)CC2. The molecular weight excluding hydrogens is 503 g/mol. The monoisotopic (exact) mass is 534 g/mol. The van der Waals surface area contributed by atoms with Crippen LogP contribution in [0.4, 0.5) is 14.3 Å². The number of carbonyl (C=O) groups excluding carboxylic acids is 1. The maximum Gasteiger partial charge on any atom is 0.413 e. The maximum absolute atomic E-state index is 15.7. The van der Waals surface area contributed by atoms with E-state index in [1.165, 1.54) is 11.3 Å². The van der Waals surface area contributed by atoms with Crippen LogP contribution in [0.5, 0.6) is 0 Å². The molecule has 3 aromatic heterocycles. The number of benzene rings is 1. The van der Waals surface area contributed by atoms with Gasteiger partial charge in [0.15, 0.2) is 5.13 Å². The summed E-state index contributed by atoms with van der Waals surface area (Å²) >= 11 is 1.35. The topological polar surface area (TPSA) is 94.0 Å². The number of pyridine rings is 1. The molecule has 1 amide bonds. The summed E-state index contributed by atoms with van der Waals surface area (Å²) in [5.41, 5.74) is 6.41. The lowest BCUT2D eigenvalue weighted by molar-refractivity contribution is 0.168. The number of nitrogens with one attached hydrogen (secondary N) is 2. The van der Waals surface area contributed by atoms with Crippen LogP contribution < -0.4 is 10.6 Å². The molecule has 1 fully saturated rings. The molecule has 10 heteroatoms. The molecule has 0 unspecified atom stereocenters. The molecular formula is C28H31FN6O2S. The van der Waals surface area contributed by atoms with Gasteiger partial charge in [-0.2, -0.15) is 5.10 Å². The average molecular weight is 535 g/mol. The number of carbonyl (C=O) groups is 1. The number of amides is 1. The molecule has 8 nitrogen and oxygen atoms in total. The van der Waals surface area contributed by atoms with Gasteiger partial charge in [-0.15, -0.1) is 0 Å². The molecule has 0 aliphatic heterocycles. The van der Waals surface area contributed by atoms with Crippen LogP contribution in [0.1, 0.15) is 49.7 Å². The fourth-order valence-electron chi connectivity index (χ4n) is 4.98. The number of hydrogen-bond donors (Lipinski definition) is 2. The van der Waals surface area contributed by atoms with Gasteiger partial charge >= 0.3 is 6.09 Å². The number of anilines is 1. The van der Waals surface area contributed by atoms with Crippen LogP contribution in [-0.2, 0) is 23.1 Å². The Kier molecular flexibility index (Phi) is 6.79. The fourth-order valence-corrected chi connectivity index (χ4v) is 6.03. The van der Waals surface area contributed by atoms with Crippen molar-refractivity contribution in [1.82, 2.24) is 25.1 Å². The van der Waals surface area contributed by atoms with Crippen LogP contribution in [0.15, 0.2) is 36.5 Å². The number of aromatic nitrogens is 4. The predicted octanol–water partition coefficient (Wildman–Crippen LogP) is 6.02. The Morgan fingerprint density at radius 1 is 1.24 bits per heavy atom. The summed E-state index contributed by atoms with van der Waals surface area (Å²) in [6.07, 6.45) is 4.62. The van der Waals surface area contributed by atoms with Crippen molar-refractivity contribution in [3.8, 4) is 27.5 Å². The molecule has 1 aromatic carbocycles. The second-order valence-electron chi connectivity index (χ2n) is 9.41. The molecule has 2 aliphatic carbocycles. The van der Waals surface area contributed by atoms with Gasteiger partial charge in [-0.1, -0.05) is 24.8 Å². The van der Waals surface area contributed by atoms with Crippen LogP contribution in [0, 0.1) is 12.7 Å². The van der Waals surface area contributed by atoms with Crippen LogP contribution in [0.2, 0.25) is 0 Å². The summed E-state index contributed by atoms with van der Waals surface area (Å²) in [7, 11) is 1.91. The zero-order valence-electron chi connectivity index (χ0n) is 20.9. The molecule has 1 saturated carbocycles. The molecule has 0 atom stereocenters. The number of hydrogen-bond acceptors (Lipinski definition) is 7. The summed E-state index contributed by atoms with van der Waals surface area (Å²) < 4.78 is 22.4. The molecule has 0 saturated heterocycles. The molecule has 0 radical (unpaired) electrons. The Balaban J connectivity index is 0.00000294. The molecule has 4 aromatic rings. The number of halogens is 1. The van der Waals surface area contributed by atoms with E-state index >= 15 is 4.39 Å². The smallest absolute Gasteiger partial charge is 0.413 e. The van der Waals surface area contributed by atoms with E-state index in [0.29, 0.717) is 23.7 Å². The summed E-state index contributed by atoms with van der Waals surface area (Å²) in [4.78, 5) is 22.0. The van der Waals surface area contributed by atoms with Crippen molar-refractivity contribution < 1.29 is 13.9 Å². The highest BCUT2D eigenvalue weighted by Crippen LogP contribution is 2.47. The van der Waals surface area contributed by atoms with Gasteiger partial charge in [0, 0.05) is 28.6 Å². The quantitative estimate of drug-likeness (QED) is 0.314. The van der Waals surface area contributed by atoms with Crippen molar-refractivity contribution in [2.45, 2.75) is 52.5 Å². The lowest BCUT2D eigenvalue weighted by Crippen LogP contribution is -2.24. The molecule has 0 spiro atoms. The second kappa shape index (κ2) is 9.92. The lowest BCUT2D eigenvalue weighted by Gasteiger charge is -2.17. The number of ether oxygens (including phenoxy) is 1. The van der Waals surface area contributed by atoms with E-state index in [4.69, 9.17) is 9.84 Å². The Labute approximate surface area is 225 Å². The van der Waals surface area contributed by atoms with Gasteiger partial charge in [0.05, 0.1) is 28.6 Å². The summed E-state index contributed by atoms with van der Waals surface area (Å²) in [5.74, 6) is -0.334. The molecule has 6 rings (SSSR count). The Hall–Kier alpha value is -3.63. The molecule has 0 bridgehead atoms. The Bertz CT molecular complexity index is 1510. The number of aryl methyl sites for hydroxylation is 2. The number of thiazole rings is 1. The van der Waals surface area contributed by atoms with Gasteiger partial charge < -0.3 is 10.1 Å². The average Bonchev–Trinajstić information content (AvgIpc) is 3.44. The number of fused-ring (bicyclic) bond motifs is 3. The van der Waals surface area contributed by atoms with Crippen molar-refractivity contribution in [2.75, 3.05) is 19.0 Å². The largest absolute Gasteiger partial charge is 0.450 e. The van der Waals surface area contributed by atoms with Crippen molar-refractivity contribution in [2.24, 2.45) is 0 Å². The van der Waals surface area contributed by atoms with Gasteiger partial charge in [-0.05, 0) is 76.4 Å². The van der Waals surface area contributed by atoms with Crippen LogP contribution in [0.3, 0.4) is 0 Å². The lowest BCUT2D eigenvalue weighted by atomic mass is 9.95. The van der Waals surface area contributed by atoms with Crippen molar-refractivity contribution in [3.63, 3.8) is 0 Å². The first-order valence-electron chi connectivity index (χ1n) is 12.4. The van der Waals surface area contributed by atoms with Crippen molar-refractivity contribution in [3.05, 3.63) is 64.9 Å².